The van der Waals surface area contributed by atoms with Crippen LogP contribution in [-0.4, -0.2) is 10.5 Å². The van der Waals surface area contributed by atoms with Crippen LogP contribution in [0.4, 0.5) is 13.2 Å². The quantitative estimate of drug-likeness (QED) is 0.766. The Morgan fingerprint density at radius 2 is 1.93 bits per heavy atom. The third kappa shape index (κ3) is 2.62. The van der Waals surface area contributed by atoms with Gasteiger partial charge in [-0.3, -0.25) is 0 Å². The van der Waals surface area contributed by atoms with Crippen molar-refractivity contribution >= 4 is 11.6 Å². The van der Waals surface area contributed by atoms with Gasteiger partial charge >= 0.3 is 5.38 Å². The van der Waals surface area contributed by atoms with Crippen molar-refractivity contribution in [2.45, 2.75) is 18.4 Å². The van der Waals surface area contributed by atoms with Crippen LogP contribution in [0, 0.1) is 12.7 Å². The molecule has 0 aliphatic heterocycles. The van der Waals surface area contributed by atoms with E-state index in [-0.39, 0.29) is 5.56 Å². The Labute approximate surface area is 84.1 Å². The molecule has 5 heteroatoms. The van der Waals surface area contributed by atoms with Crippen LogP contribution in [0.5, 0.6) is 0 Å². The summed E-state index contributed by atoms with van der Waals surface area (Å²) in [4.78, 5) is 0. The van der Waals surface area contributed by atoms with E-state index >= 15 is 0 Å². The van der Waals surface area contributed by atoms with Gasteiger partial charge in [0.2, 0.25) is 0 Å². The van der Waals surface area contributed by atoms with Crippen LogP contribution in [0.15, 0.2) is 18.2 Å². The Kier molecular flexibility index (Phi) is 3.07. The van der Waals surface area contributed by atoms with Crippen LogP contribution in [0.3, 0.4) is 0 Å². The normalized spacial score (nSPS) is 14.1. The summed E-state index contributed by atoms with van der Waals surface area (Å²) in [6, 6.07) is 3.25. The molecule has 1 aromatic rings. The second-order valence-corrected chi connectivity index (χ2v) is 3.51. The van der Waals surface area contributed by atoms with Gasteiger partial charge in [-0.15, -0.1) is 0 Å². The minimum absolute atomic E-state index is 0.234. The summed E-state index contributed by atoms with van der Waals surface area (Å²) in [6.07, 6.45) is -2.20. The van der Waals surface area contributed by atoms with Crippen LogP contribution in [-0.2, 0) is 0 Å². The summed E-state index contributed by atoms with van der Waals surface area (Å²) in [7, 11) is 0. The maximum atomic E-state index is 12.8. The van der Waals surface area contributed by atoms with Crippen LogP contribution in [0.1, 0.15) is 17.2 Å². The van der Waals surface area contributed by atoms with Crippen molar-refractivity contribution in [3.63, 3.8) is 0 Å². The summed E-state index contributed by atoms with van der Waals surface area (Å²) in [6.45, 7) is 1.53. The first-order valence-electron chi connectivity index (χ1n) is 3.82. The molecular formula is C9H8ClF3O. The average molecular weight is 225 g/mol. The number of aliphatic hydroxyl groups is 1. The number of alkyl halides is 3. The zero-order chi connectivity index (χ0) is 10.9. The molecular weight excluding hydrogens is 217 g/mol. The summed E-state index contributed by atoms with van der Waals surface area (Å²) in [5.74, 6) is -0.681. The van der Waals surface area contributed by atoms with Gasteiger partial charge in [0.25, 0.3) is 0 Å². The summed E-state index contributed by atoms with van der Waals surface area (Å²) < 4.78 is 37.7. The van der Waals surface area contributed by atoms with E-state index in [1.54, 1.807) is 0 Å². The first kappa shape index (κ1) is 11.3. The molecule has 0 radical (unpaired) electrons. The highest BCUT2D eigenvalue weighted by Crippen LogP contribution is 2.35. The maximum absolute atomic E-state index is 12.8. The second kappa shape index (κ2) is 3.79. The van der Waals surface area contributed by atoms with Gasteiger partial charge in [0.1, 0.15) is 5.82 Å². The number of rotatable bonds is 2. The first-order valence-corrected chi connectivity index (χ1v) is 4.20. The molecule has 0 aliphatic rings. The highest BCUT2D eigenvalue weighted by molar-refractivity contribution is 6.22. The predicted octanol–water partition coefficient (Wildman–Crippen LogP) is 3.00. The summed E-state index contributed by atoms with van der Waals surface area (Å²) in [5.41, 5.74) is 0.211. The molecule has 0 bridgehead atoms. The third-order valence-corrected chi connectivity index (χ3v) is 1.90. The fourth-order valence-electron chi connectivity index (χ4n) is 1.11. The Bertz CT molecular complexity index is 315. The fraction of sp³-hybridized carbons (Fsp3) is 0.333. The Balaban J connectivity index is 3.07. The van der Waals surface area contributed by atoms with Crippen molar-refractivity contribution in [3.8, 4) is 0 Å². The highest BCUT2D eigenvalue weighted by Gasteiger charge is 2.37. The van der Waals surface area contributed by atoms with E-state index in [1.807, 2.05) is 0 Å². The molecule has 0 fully saturated rings. The lowest BCUT2D eigenvalue weighted by Crippen LogP contribution is -2.19. The molecule has 0 heterocycles. The van der Waals surface area contributed by atoms with Crippen molar-refractivity contribution in [2.24, 2.45) is 0 Å². The smallest absolute Gasteiger partial charge is 0.351 e. The van der Waals surface area contributed by atoms with Gasteiger partial charge < -0.3 is 5.11 Å². The molecule has 0 aromatic heterocycles. The summed E-state index contributed by atoms with van der Waals surface area (Å²) >= 11 is 4.62. The molecule has 1 N–H and O–H groups in total. The molecule has 0 aliphatic carbocycles. The largest absolute Gasteiger partial charge is 0.381 e. The molecule has 1 atom stereocenters. The minimum atomic E-state index is -3.79. The molecule has 0 spiro atoms. The molecule has 1 rings (SSSR count). The zero-order valence-corrected chi connectivity index (χ0v) is 8.02. The average Bonchev–Trinajstić information content (AvgIpc) is 1.99. The predicted molar refractivity (Wildman–Crippen MR) is 46.9 cm³/mol. The number of hydrogen-bond acceptors (Lipinski definition) is 1. The lowest BCUT2D eigenvalue weighted by atomic mass is 10.1. The lowest BCUT2D eigenvalue weighted by molar-refractivity contribution is -0.0426. The molecule has 14 heavy (non-hydrogen) atoms. The van der Waals surface area contributed by atoms with Gasteiger partial charge in [-0.05, 0) is 41.8 Å². The van der Waals surface area contributed by atoms with Gasteiger partial charge in [-0.2, -0.15) is 8.78 Å². The number of aliphatic hydroxyl groups excluding tert-OH is 1. The van der Waals surface area contributed by atoms with Crippen molar-refractivity contribution in [3.05, 3.63) is 35.1 Å². The monoisotopic (exact) mass is 224 g/mol. The number of benzene rings is 1. The molecule has 78 valence electrons. The Hall–Kier alpha value is -0.740. The van der Waals surface area contributed by atoms with E-state index in [0.29, 0.717) is 5.56 Å². The molecule has 1 nitrogen and oxygen atoms in total. The van der Waals surface area contributed by atoms with E-state index in [2.05, 4.69) is 11.6 Å². The van der Waals surface area contributed by atoms with Crippen molar-refractivity contribution < 1.29 is 18.3 Å². The van der Waals surface area contributed by atoms with Crippen molar-refractivity contribution in [1.29, 1.82) is 0 Å². The van der Waals surface area contributed by atoms with E-state index in [1.165, 1.54) is 19.1 Å². The van der Waals surface area contributed by atoms with Gasteiger partial charge in [0.15, 0.2) is 6.10 Å². The Morgan fingerprint density at radius 1 is 1.36 bits per heavy atom. The van der Waals surface area contributed by atoms with Crippen molar-refractivity contribution in [1.82, 2.24) is 0 Å². The maximum Gasteiger partial charge on any atom is 0.351 e. The van der Waals surface area contributed by atoms with E-state index in [4.69, 9.17) is 5.11 Å². The molecule has 1 unspecified atom stereocenters. The van der Waals surface area contributed by atoms with Crippen LogP contribution in [0.2, 0.25) is 0 Å². The van der Waals surface area contributed by atoms with E-state index in [0.717, 1.165) is 6.07 Å². The molecule has 0 saturated heterocycles. The number of aryl methyl sites for hydroxylation is 1. The lowest BCUT2D eigenvalue weighted by Gasteiger charge is -2.16. The third-order valence-electron chi connectivity index (χ3n) is 1.69. The standard InChI is InChI=1S/C9H8ClF3O/c1-5-2-6(4-7(11)3-5)8(14)9(10,12)13/h2-4,8,14H,1H3. The number of halogens is 4. The van der Waals surface area contributed by atoms with Crippen LogP contribution in [0.25, 0.3) is 0 Å². The SMILES string of the molecule is Cc1cc(F)cc(C(O)C(F)(F)Cl)c1. The molecule has 1 aromatic carbocycles. The fourth-order valence-corrected chi connectivity index (χ4v) is 1.24. The van der Waals surface area contributed by atoms with Gasteiger partial charge in [0.05, 0.1) is 0 Å². The molecule has 0 amide bonds. The van der Waals surface area contributed by atoms with E-state index < -0.39 is 17.3 Å². The van der Waals surface area contributed by atoms with Crippen LogP contribution < -0.4 is 0 Å². The number of hydrogen-bond donors (Lipinski definition) is 1. The minimum Gasteiger partial charge on any atom is -0.381 e. The van der Waals surface area contributed by atoms with E-state index in [9.17, 15) is 13.2 Å². The van der Waals surface area contributed by atoms with Gasteiger partial charge in [-0.25, -0.2) is 4.39 Å². The topological polar surface area (TPSA) is 20.2 Å². The molecule has 0 saturated carbocycles. The first-order chi connectivity index (χ1) is 6.30. The highest BCUT2D eigenvalue weighted by atomic mass is 35.5. The van der Waals surface area contributed by atoms with Gasteiger partial charge in [-0.1, -0.05) is 6.07 Å². The zero-order valence-electron chi connectivity index (χ0n) is 7.27. The summed E-state index contributed by atoms with van der Waals surface area (Å²) in [5, 5.41) is 5.27. The van der Waals surface area contributed by atoms with Crippen LogP contribution >= 0.6 is 11.6 Å². The van der Waals surface area contributed by atoms with Gasteiger partial charge in [0, 0.05) is 0 Å². The van der Waals surface area contributed by atoms with Crippen molar-refractivity contribution in [2.75, 3.05) is 0 Å². The Morgan fingerprint density at radius 3 is 2.36 bits per heavy atom. The second-order valence-electron chi connectivity index (χ2n) is 3.01.